The summed E-state index contributed by atoms with van der Waals surface area (Å²) in [5.74, 6) is -0.360. The summed E-state index contributed by atoms with van der Waals surface area (Å²) in [6.45, 7) is 0. The van der Waals surface area contributed by atoms with Gasteiger partial charge in [-0.15, -0.1) is 0 Å². The van der Waals surface area contributed by atoms with Gasteiger partial charge in [0.2, 0.25) is 5.28 Å². The Hall–Kier alpha value is -1.70. The van der Waals surface area contributed by atoms with Crippen LogP contribution in [0.25, 0.3) is 5.69 Å². The molecule has 9 heteroatoms. The Morgan fingerprint density at radius 3 is 2.65 bits per heavy atom. The Morgan fingerprint density at radius 2 is 2.05 bits per heavy atom. The van der Waals surface area contributed by atoms with Gasteiger partial charge in [0.1, 0.15) is 11.5 Å². The summed E-state index contributed by atoms with van der Waals surface area (Å²) >= 11 is 16.6. The molecule has 0 spiro atoms. The van der Waals surface area contributed by atoms with Crippen LogP contribution in [0, 0.1) is 5.82 Å². The molecule has 0 aliphatic carbocycles. The fraction of sp³-hybridized carbons (Fsp3) is 0. The van der Waals surface area contributed by atoms with Crippen LogP contribution in [0.15, 0.2) is 29.4 Å². The summed E-state index contributed by atoms with van der Waals surface area (Å²) in [7, 11) is 0. The van der Waals surface area contributed by atoms with E-state index in [1.807, 2.05) is 0 Å². The second kappa shape index (κ2) is 6.17. The quantitative estimate of drug-likeness (QED) is 0.515. The Labute approximate surface area is 129 Å². The van der Waals surface area contributed by atoms with Crippen molar-refractivity contribution in [2.75, 3.05) is 0 Å². The predicted molar refractivity (Wildman–Crippen MR) is 81.1 cm³/mol. The summed E-state index contributed by atoms with van der Waals surface area (Å²) in [6.07, 6.45) is 1.36. The van der Waals surface area contributed by atoms with Crippen molar-refractivity contribution in [2.24, 2.45) is 10.8 Å². The number of nitrogens with zero attached hydrogens (tertiary/aromatic N) is 3. The lowest BCUT2D eigenvalue weighted by Crippen LogP contribution is -2.24. The van der Waals surface area contributed by atoms with E-state index in [4.69, 9.17) is 28.9 Å². The number of hydrogen-bond acceptors (Lipinski definition) is 3. The van der Waals surface area contributed by atoms with E-state index in [1.165, 1.54) is 35.0 Å². The van der Waals surface area contributed by atoms with Gasteiger partial charge in [0, 0.05) is 5.69 Å². The highest BCUT2D eigenvalue weighted by atomic mass is 35.5. The van der Waals surface area contributed by atoms with Crippen molar-refractivity contribution in [3.8, 4) is 5.69 Å². The van der Waals surface area contributed by atoms with Gasteiger partial charge >= 0.3 is 0 Å². The van der Waals surface area contributed by atoms with E-state index in [0.29, 0.717) is 11.4 Å². The van der Waals surface area contributed by atoms with Gasteiger partial charge < -0.3 is 5.73 Å². The number of hydrogen-bond donors (Lipinski definition) is 2. The average Bonchev–Trinajstić information content (AvgIpc) is 2.65. The molecule has 1 aromatic heterocycles. The van der Waals surface area contributed by atoms with Gasteiger partial charge in [-0.05, 0) is 48.1 Å². The summed E-state index contributed by atoms with van der Waals surface area (Å²) in [5, 5.41) is 4.08. The maximum atomic E-state index is 13.0. The lowest BCUT2D eigenvalue weighted by atomic mass is 10.3. The Bertz CT molecular complexity index is 668. The normalized spacial score (nSPS) is 10.9. The number of nitrogens with two attached hydrogens (primary N) is 1. The summed E-state index contributed by atoms with van der Waals surface area (Å²) < 4.78 is 14.5. The average molecular weight is 332 g/mol. The summed E-state index contributed by atoms with van der Waals surface area (Å²) in [6, 6.07) is 5.68. The van der Waals surface area contributed by atoms with E-state index in [2.05, 4.69) is 27.7 Å². The molecule has 0 aliphatic heterocycles. The van der Waals surface area contributed by atoms with Crippen LogP contribution in [0.1, 0.15) is 5.69 Å². The molecular formula is C11H8Cl2FN5S. The molecule has 0 aliphatic rings. The van der Waals surface area contributed by atoms with Gasteiger partial charge in [0.15, 0.2) is 10.3 Å². The molecule has 1 aromatic carbocycles. The zero-order valence-corrected chi connectivity index (χ0v) is 12.2. The Morgan fingerprint density at radius 1 is 1.40 bits per heavy atom. The fourth-order valence-corrected chi connectivity index (χ4v) is 2.07. The van der Waals surface area contributed by atoms with Gasteiger partial charge in [-0.3, -0.25) is 9.99 Å². The van der Waals surface area contributed by atoms with E-state index in [1.54, 1.807) is 0 Å². The number of halogens is 3. The van der Waals surface area contributed by atoms with Gasteiger partial charge in [-0.25, -0.2) is 9.37 Å². The molecule has 0 bridgehead atoms. The maximum absolute atomic E-state index is 13.0. The third-order valence-corrected chi connectivity index (χ3v) is 2.90. The van der Waals surface area contributed by atoms with Gasteiger partial charge in [-0.1, -0.05) is 11.6 Å². The smallest absolute Gasteiger partial charge is 0.209 e. The highest BCUT2D eigenvalue weighted by Crippen LogP contribution is 2.24. The molecule has 0 saturated carbocycles. The highest BCUT2D eigenvalue weighted by molar-refractivity contribution is 7.80. The number of rotatable bonds is 3. The molecule has 0 saturated heterocycles. The van der Waals surface area contributed by atoms with E-state index < -0.39 is 0 Å². The minimum absolute atomic E-state index is 0.0105. The zero-order valence-electron chi connectivity index (χ0n) is 9.85. The molecule has 0 amide bonds. The maximum Gasteiger partial charge on any atom is 0.209 e. The van der Waals surface area contributed by atoms with Crippen LogP contribution in [0.5, 0.6) is 0 Å². The van der Waals surface area contributed by atoms with E-state index in [0.717, 1.165) is 0 Å². The van der Waals surface area contributed by atoms with Crippen molar-refractivity contribution in [1.29, 1.82) is 0 Å². The molecule has 3 N–H and O–H groups in total. The second-order valence-corrected chi connectivity index (χ2v) is 4.74. The molecule has 5 nitrogen and oxygen atoms in total. The second-order valence-electron chi connectivity index (χ2n) is 3.60. The van der Waals surface area contributed by atoms with Crippen LogP contribution in [0.2, 0.25) is 10.4 Å². The van der Waals surface area contributed by atoms with Gasteiger partial charge in [0.05, 0.1) is 6.21 Å². The van der Waals surface area contributed by atoms with Crippen LogP contribution in [0.3, 0.4) is 0 Å². The Kier molecular flexibility index (Phi) is 4.53. The van der Waals surface area contributed by atoms with Crippen LogP contribution in [0.4, 0.5) is 4.39 Å². The van der Waals surface area contributed by atoms with Crippen molar-refractivity contribution < 1.29 is 4.39 Å². The molecule has 2 aromatic rings. The molecule has 0 atom stereocenters. The first kappa shape index (κ1) is 14.7. The first-order valence-corrected chi connectivity index (χ1v) is 6.43. The van der Waals surface area contributed by atoms with Crippen LogP contribution in [-0.4, -0.2) is 20.9 Å². The molecule has 2 rings (SSSR count). The van der Waals surface area contributed by atoms with Crippen LogP contribution >= 0.6 is 35.4 Å². The largest absolute Gasteiger partial charge is 0.375 e. The first-order valence-electron chi connectivity index (χ1n) is 5.27. The lowest BCUT2D eigenvalue weighted by Gasteiger charge is -2.06. The molecule has 0 radical (unpaired) electrons. The fourth-order valence-electron chi connectivity index (χ4n) is 1.48. The Balaban J connectivity index is 2.44. The molecule has 20 heavy (non-hydrogen) atoms. The zero-order chi connectivity index (χ0) is 14.7. The van der Waals surface area contributed by atoms with Crippen molar-refractivity contribution in [1.82, 2.24) is 15.0 Å². The van der Waals surface area contributed by atoms with Gasteiger partial charge in [0.25, 0.3) is 0 Å². The number of thiocarbonyl (C=S) groups is 1. The molecule has 104 valence electrons. The topological polar surface area (TPSA) is 68.2 Å². The summed E-state index contributed by atoms with van der Waals surface area (Å²) in [5.41, 5.74) is 8.64. The highest BCUT2D eigenvalue weighted by Gasteiger charge is 2.14. The van der Waals surface area contributed by atoms with Crippen molar-refractivity contribution in [2.45, 2.75) is 0 Å². The third-order valence-electron chi connectivity index (χ3n) is 2.27. The van der Waals surface area contributed by atoms with Crippen molar-refractivity contribution >= 4 is 46.7 Å². The minimum atomic E-state index is -0.360. The predicted octanol–water partition coefficient (Wildman–Crippen LogP) is 2.49. The number of nitrogens with one attached hydrogen (secondary N) is 1. The van der Waals surface area contributed by atoms with Crippen LogP contribution in [-0.2, 0) is 0 Å². The standard InChI is InChI=1S/C11H8Cl2FN5S/c12-9-8(5-16-18-11(15)20)19(10(13)17-9)7-3-1-6(14)2-4-7/h1-5H,(H3,15,18,20). The number of hydrazone groups is 1. The number of imidazole rings is 1. The molecule has 0 fully saturated rings. The number of aromatic nitrogens is 2. The first-order chi connectivity index (χ1) is 9.49. The van der Waals surface area contributed by atoms with Gasteiger partial charge in [-0.2, -0.15) is 5.10 Å². The minimum Gasteiger partial charge on any atom is -0.375 e. The molecule has 1 heterocycles. The van der Waals surface area contributed by atoms with Crippen molar-refractivity contribution in [3.63, 3.8) is 0 Å². The van der Waals surface area contributed by atoms with E-state index >= 15 is 0 Å². The van der Waals surface area contributed by atoms with E-state index in [9.17, 15) is 4.39 Å². The summed E-state index contributed by atoms with van der Waals surface area (Å²) in [4.78, 5) is 3.92. The monoisotopic (exact) mass is 331 g/mol. The third kappa shape index (κ3) is 3.24. The van der Waals surface area contributed by atoms with Crippen molar-refractivity contribution in [3.05, 3.63) is 46.2 Å². The number of benzene rings is 1. The molecule has 0 unspecified atom stereocenters. The SMILES string of the molecule is NC(=S)NN=Cc1c(Cl)nc(Cl)n1-c1ccc(F)cc1. The molecular weight excluding hydrogens is 324 g/mol. The van der Waals surface area contributed by atoms with E-state index in [-0.39, 0.29) is 21.4 Å². The lowest BCUT2D eigenvalue weighted by molar-refractivity contribution is 0.627. The van der Waals surface area contributed by atoms with Crippen LogP contribution < -0.4 is 11.2 Å².